The molecular weight excluding hydrogens is 525 g/mol. The van der Waals surface area contributed by atoms with Crippen molar-refractivity contribution < 1.29 is 45.7 Å². The predicted molar refractivity (Wildman–Crippen MR) is 115 cm³/mol. The molecule has 0 amide bonds. The molecule has 0 unspecified atom stereocenters. The monoisotopic (exact) mass is 546 g/mol. The summed E-state index contributed by atoms with van der Waals surface area (Å²) in [4.78, 5) is 0. The highest BCUT2D eigenvalue weighted by atomic mass is 19.4. The summed E-state index contributed by atoms with van der Waals surface area (Å²) in [5.41, 5.74) is -5.86. The molecule has 0 radical (unpaired) electrons. The van der Waals surface area contributed by atoms with E-state index in [9.17, 15) is 27.1 Å². The van der Waals surface area contributed by atoms with Gasteiger partial charge >= 0.3 is 6.18 Å². The molecule has 3 fully saturated rings. The van der Waals surface area contributed by atoms with Crippen LogP contribution in [0, 0.1) is 17.0 Å². The van der Waals surface area contributed by atoms with Gasteiger partial charge in [-0.25, -0.2) is 22.2 Å². The zero-order valence-corrected chi connectivity index (χ0v) is 19.5. The molecule has 0 saturated heterocycles. The van der Waals surface area contributed by atoms with Crippen molar-refractivity contribution in [1.29, 1.82) is 0 Å². The van der Waals surface area contributed by atoms with Gasteiger partial charge in [0.2, 0.25) is 0 Å². The summed E-state index contributed by atoms with van der Waals surface area (Å²) in [5.74, 6) is -6.10. The van der Waals surface area contributed by atoms with Crippen LogP contribution in [0.2, 0.25) is 0 Å². The van der Waals surface area contributed by atoms with E-state index in [1.807, 2.05) is 0 Å². The normalized spacial score (nSPS) is 25.2. The molecule has 0 aliphatic heterocycles. The molecule has 14 heteroatoms. The minimum atomic E-state index is -4.83. The van der Waals surface area contributed by atoms with E-state index in [1.54, 1.807) is 0 Å². The van der Waals surface area contributed by atoms with Crippen molar-refractivity contribution in [2.75, 3.05) is 6.61 Å². The third-order valence-corrected chi connectivity index (χ3v) is 7.62. The lowest BCUT2D eigenvalue weighted by atomic mass is 9.30. The SMILES string of the molecule is O[C@@H](COc1ccc(C23CC(C(F)(F)[C@@](O)(Cn4cnnn4)c4cc(F)ccc4F)(C2)C3)cc1)C(F)(F)F. The quantitative estimate of drug-likeness (QED) is 0.396. The molecule has 204 valence electrons. The van der Waals surface area contributed by atoms with Gasteiger partial charge < -0.3 is 14.9 Å². The molecular formula is C24H21F7N4O3. The minimum absolute atomic E-state index is 0.0566. The topological polar surface area (TPSA) is 93.3 Å². The van der Waals surface area contributed by atoms with Crippen LogP contribution in [0.4, 0.5) is 30.7 Å². The molecule has 7 nitrogen and oxygen atoms in total. The maximum absolute atomic E-state index is 16.2. The Morgan fingerprint density at radius 2 is 1.66 bits per heavy atom. The Balaban J connectivity index is 1.36. The Hall–Kier alpha value is -3.26. The number of hydrogen-bond acceptors (Lipinski definition) is 6. The zero-order valence-electron chi connectivity index (χ0n) is 19.5. The number of nitrogens with zero attached hydrogens (tertiary/aromatic N) is 4. The Morgan fingerprint density at radius 1 is 1.00 bits per heavy atom. The van der Waals surface area contributed by atoms with Gasteiger partial charge in [0.1, 0.15) is 30.3 Å². The maximum Gasteiger partial charge on any atom is 0.417 e. The number of hydrogen-bond donors (Lipinski definition) is 2. The molecule has 3 aliphatic rings. The van der Waals surface area contributed by atoms with Crippen LogP contribution in [0.5, 0.6) is 5.75 Å². The van der Waals surface area contributed by atoms with Gasteiger partial charge in [-0.1, -0.05) is 12.1 Å². The first kappa shape index (κ1) is 26.4. The number of halogens is 7. The molecule has 0 spiro atoms. The number of benzene rings is 2. The van der Waals surface area contributed by atoms with Gasteiger partial charge in [0.15, 0.2) is 11.7 Å². The standard InChI is InChI=1S/C24H21F7N4O3/c25-15-3-6-18(26)17(7-15)22(37,12-35-13-32-33-34-35)24(30,31)21-9-20(10-21,11-21)14-1-4-16(5-2-14)38-8-19(36)23(27,28)29/h1-7,13,19,36-37H,8-12H2/t19-,20?,21?,22+/m0/s1. The van der Waals surface area contributed by atoms with Crippen LogP contribution in [0.3, 0.4) is 0 Å². The predicted octanol–water partition coefficient (Wildman–Crippen LogP) is 3.90. The average Bonchev–Trinajstić information content (AvgIpc) is 3.30. The summed E-state index contributed by atoms with van der Waals surface area (Å²) in [7, 11) is 0. The van der Waals surface area contributed by atoms with Gasteiger partial charge in [0, 0.05) is 11.0 Å². The van der Waals surface area contributed by atoms with E-state index in [2.05, 4.69) is 15.5 Å². The van der Waals surface area contributed by atoms with Crippen LogP contribution in [0.15, 0.2) is 48.8 Å². The van der Waals surface area contributed by atoms with Crippen molar-refractivity contribution in [3.63, 3.8) is 0 Å². The molecule has 2 N–H and O–H groups in total. The highest BCUT2D eigenvalue weighted by molar-refractivity contribution is 5.44. The first-order valence-corrected chi connectivity index (χ1v) is 11.5. The fourth-order valence-electron chi connectivity index (χ4n) is 5.70. The first-order valence-electron chi connectivity index (χ1n) is 11.5. The van der Waals surface area contributed by atoms with Gasteiger partial charge in [0.25, 0.3) is 5.92 Å². The van der Waals surface area contributed by atoms with Crippen LogP contribution in [-0.4, -0.2) is 55.2 Å². The van der Waals surface area contributed by atoms with E-state index in [4.69, 9.17) is 9.84 Å². The lowest BCUT2D eigenvalue weighted by Crippen LogP contribution is -2.76. The molecule has 1 aromatic heterocycles. The zero-order chi connectivity index (χ0) is 27.6. The van der Waals surface area contributed by atoms with Gasteiger partial charge in [-0.15, -0.1) is 5.10 Å². The second-order valence-electron chi connectivity index (χ2n) is 10.1. The van der Waals surface area contributed by atoms with Gasteiger partial charge in [-0.05, 0) is 71.0 Å². The van der Waals surface area contributed by atoms with Crippen LogP contribution >= 0.6 is 0 Å². The van der Waals surface area contributed by atoms with Crippen molar-refractivity contribution in [3.8, 4) is 5.75 Å². The van der Waals surface area contributed by atoms with Gasteiger partial charge in [-0.2, -0.15) is 13.2 Å². The molecule has 1 heterocycles. The van der Waals surface area contributed by atoms with E-state index in [-0.39, 0.29) is 25.0 Å². The van der Waals surface area contributed by atoms with Crippen LogP contribution < -0.4 is 4.74 Å². The molecule has 38 heavy (non-hydrogen) atoms. The molecule has 2 aromatic carbocycles. The molecule has 2 atom stereocenters. The number of tetrazole rings is 1. The smallest absolute Gasteiger partial charge is 0.417 e. The van der Waals surface area contributed by atoms with E-state index in [1.165, 1.54) is 24.3 Å². The highest BCUT2D eigenvalue weighted by Crippen LogP contribution is 2.80. The number of ether oxygens (including phenoxy) is 1. The second-order valence-corrected chi connectivity index (χ2v) is 10.1. The van der Waals surface area contributed by atoms with Gasteiger partial charge in [0.05, 0.1) is 6.54 Å². The largest absolute Gasteiger partial charge is 0.491 e. The van der Waals surface area contributed by atoms with E-state index in [0.717, 1.165) is 17.1 Å². The summed E-state index contributed by atoms with van der Waals surface area (Å²) in [5, 5.41) is 30.6. The molecule has 3 aliphatic carbocycles. The third kappa shape index (κ3) is 4.01. The Labute approximate surface area is 210 Å². The molecule has 2 bridgehead atoms. The number of aliphatic hydroxyl groups is 2. The summed E-state index contributed by atoms with van der Waals surface area (Å²) in [6.07, 6.45) is -6.74. The van der Waals surface area contributed by atoms with E-state index in [0.29, 0.717) is 17.7 Å². The Kier molecular flexibility index (Phi) is 5.98. The maximum atomic E-state index is 16.2. The first-order chi connectivity index (χ1) is 17.7. The van der Waals surface area contributed by atoms with Gasteiger partial charge in [-0.3, -0.25) is 0 Å². The highest BCUT2D eigenvalue weighted by Gasteiger charge is 2.82. The lowest BCUT2D eigenvalue weighted by molar-refractivity contribution is -0.347. The summed E-state index contributed by atoms with van der Waals surface area (Å²) in [6, 6.07) is 7.77. The number of aliphatic hydroxyl groups excluding tert-OH is 1. The van der Waals surface area contributed by atoms with Crippen molar-refractivity contribution in [3.05, 3.63) is 71.6 Å². The van der Waals surface area contributed by atoms with E-state index < -0.39 is 65.0 Å². The number of rotatable bonds is 9. The molecule has 6 rings (SSSR count). The fourth-order valence-corrected chi connectivity index (χ4v) is 5.70. The minimum Gasteiger partial charge on any atom is -0.491 e. The molecule has 3 aromatic rings. The van der Waals surface area contributed by atoms with Crippen molar-refractivity contribution in [2.45, 2.75) is 55.0 Å². The van der Waals surface area contributed by atoms with Crippen molar-refractivity contribution in [2.24, 2.45) is 5.41 Å². The Morgan fingerprint density at radius 3 is 2.24 bits per heavy atom. The van der Waals surface area contributed by atoms with Crippen molar-refractivity contribution >= 4 is 0 Å². The van der Waals surface area contributed by atoms with Crippen LogP contribution in [0.25, 0.3) is 0 Å². The Bertz CT molecular complexity index is 1300. The lowest BCUT2D eigenvalue weighted by Gasteiger charge is -2.74. The van der Waals surface area contributed by atoms with Crippen molar-refractivity contribution in [1.82, 2.24) is 20.2 Å². The number of aromatic nitrogens is 4. The van der Waals surface area contributed by atoms with Crippen LogP contribution in [0.1, 0.15) is 30.4 Å². The second kappa shape index (κ2) is 8.63. The van der Waals surface area contributed by atoms with Crippen LogP contribution in [-0.2, 0) is 17.6 Å². The van der Waals surface area contributed by atoms with E-state index >= 15 is 8.78 Å². The fraction of sp³-hybridized carbons (Fsp3) is 0.458. The third-order valence-electron chi connectivity index (χ3n) is 7.62. The number of alkyl halides is 5. The summed E-state index contributed by atoms with van der Waals surface area (Å²) < 4.78 is 104. The summed E-state index contributed by atoms with van der Waals surface area (Å²) in [6.45, 7) is -1.93. The molecule has 3 saturated carbocycles. The average molecular weight is 546 g/mol. The summed E-state index contributed by atoms with van der Waals surface area (Å²) >= 11 is 0.